The van der Waals surface area contributed by atoms with E-state index in [0.29, 0.717) is 5.02 Å². The van der Waals surface area contributed by atoms with Crippen LogP contribution >= 0.6 is 23.4 Å². The number of hydrogen-bond donors (Lipinski definition) is 0. The lowest BCUT2D eigenvalue weighted by Gasteiger charge is -2.11. The minimum atomic E-state index is 0.631. The molecule has 0 fully saturated rings. The van der Waals surface area contributed by atoms with Crippen LogP contribution in [-0.2, 0) is 0 Å². The van der Waals surface area contributed by atoms with Gasteiger partial charge in [0.15, 0.2) is 0 Å². The van der Waals surface area contributed by atoms with Gasteiger partial charge in [-0.2, -0.15) is 0 Å². The Labute approximate surface area is 126 Å². The average Bonchev–Trinajstić information content (AvgIpc) is 2.49. The number of halogens is 1. The number of hydrogen-bond acceptors (Lipinski definition) is 3. The van der Waals surface area contributed by atoms with Crippen LogP contribution in [0, 0.1) is 0 Å². The smallest absolute Gasteiger partial charge is 0.140 e. The lowest BCUT2D eigenvalue weighted by Crippen LogP contribution is -1.89. The van der Waals surface area contributed by atoms with E-state index in [0.717, 1.165) is 27.3 Å². The van der Waals surface area contributed by atoms with Crippen LogP contribution in [0.25, 0.3) is 10.9 Å². The highest BCUT2D eigenvalue weighted by Gasteiger charge is 2.08. The Morgan fingerprint density at radius 2 is 1.85 bits per heavy atom. The maximum Gasteiger partial charge on any atom is 0.140 e. The molecular formula is C16H12ClNOS. The van der Waals surface area contributed by atoms with Crippen molar-refractivity contribution in [1.29, 1.82) is 0 Å². The van der Waals surface area contributed by atoms with Gasteiger partial charge >= 0.3 is 0 Å². The fourth-order valence-electron chi connectivity index (χ4n) is 2.03. The molecule has 0 amide bonds. The molecule has 0 aliphatic heterocycles. The Morgan fingerprint density at radius 1 is 1.00 bits per heavy atom. The molecule has 1 heterocycles. The summed E-state index contributed by atoms with van der Waals surface area (Å²) < 4.78 is 6.05. The zero-order valence-corrected chi connectivity index (χ0v) is 12.4. The van der Waals surface area contributed by atoms with Crippen molar-refractivity contribution in [3.8, 4) is 11.5 Å². The summed E-state index contributed by atoms with van der Waals surface area (Å²) in [6.07, 6.45) is 3.75. The van der Waals surface area contributed by atoms with Crippen molar-refractivity contribution in [1.82, 2.24) is 4.98 Å². The van der Waals surface area contributed by atoms with Crippen LogP contribution in [0.5, 0.6) is 11.5 Å². The molecule has 2 nitrogen and oxygen atoms in total. The van der Waals surface area contributed by atoms with Gasteiger partial charge in [0.05, 0.1) is 10.5 Å². The van der Waals surface area contributed by atoms with Gasteiger partial charge in [0.1, 0.15) is 11.5 Å². The second kappa shape index (κ2) is 5.73. The fourth-order valence-corrected chi connectivity index (χ4v) is 2.77. The third-order valence-electron chi connectivity index (χ3n) is 2.97. The molecule has 3 rings (SSSR count). The summed E-state index contributed by atoms with van der Waals surface area (Å²) in [5.41, 5.74) is 0.758. The van der Waals surface area contributed by atoms with Crippen LogP contribution in [0.3, 0.4) is 0 Å². The molecule has 0 unspecified atom stereocenters. The number of aromatic nitrogens is 1. The van der Waals surface area contributed by atoms with Crippen molar-refractivity contribution in [3.05, 3.63) is 59.8 Å². The number of para-hydroxylation sites is 2. The SMILES string of the molecule is CSc1ccccc1Oc1ccnc2c(Cl)cccc12. The molecule has 0 aliphatic carbocycles. The first-order valence-corrected chi connectivity index (χ1v) is 7.74. The lowest BCUT2D eigenvalue weighted by atomic mass is 10.2. The standard InChI is InChI=1S/C16H12ClNOS/c1-20-15-8-3-2-7-14(15)19-13-9-10-18-16-11(13)5-4-6-12(16)17/h2-10H,1H3. The first kappa shape index (κ1) is 13.3. The molecule has 0 spiro atoms. The predicted molar refractivity (Wildman–Crippen MR) is 85.1 cm³/mol. The first-order chi connectivity index (χ1) is 9.79. The molecule has 0 saturated heterocycles. The van der Waals surface area contributed by atoms with E-state index in [4.69, 9.17) is 16.3 Å². The van der Waals surface area contributed by atoms with Crippen LogP contribution < -0.4 is 4.74 Å². The van der Waals surface area contributed by atoms with Gasteiger partial charge in [-0.1, -0.05) is 29.8 Å². The van der Waals surface area contributed by atoms with Crippen molar-refractivity contribution in [2.75, 3.05) is 6.26 Å². The van der Waals surface area contributed by atoms with Gasteiger partial charge in [0.2, 0.25) is 0 Å². The van der Waals surface area contributed by atoms with E-state index in [9.17, 15) is 0 Å². The molecule has 4 heteroatoms. The monoisotopic (exact) mass is 301 g/mol. The highest BCUT2D eigenvalue weighted by Crippen LogP contribution is 2.35. The largest absolute Gasteiger partial charge is 0.455 e. The van der Waals surface area contributed by atoms with E-state index < -0.39 is 0 Å². The molecule has 20 heavy (non-hydrogen) atoms. The van der Waals surface area contributed by atoms with E-state index in [1.54, 1.807) is 18.0 Å². The minimum Gasteiger partial charge on any atom is -0.455 e. The van der Waals surface area contributed by atoms with Crippen molar-refractivity contribution in [3.63, 3.8) is 0 Å². The second-order valence-electron chi connectivity index (χ2n) is 4.20. The minimum absolute atomic E-state index is 0.631. The van der Waals surface area contributed by atoms with Crippen molar-refractivity contribution in [2.24, 2.45) is 0 Å². The van der Waals surface area contributed by atoms with Gasteiger partial charge in [-0.05, 0) is 36.6 Å². The first-order valence-electron chi connectivity index (χ1n) is 6.13. The second-order valence-corrected chi connectivity index (χ2v) is 5.45. The maximum atomic E-state index is 6.17. The third-order valence-corrected chi connectivity index (χ3v) is 4.05. The van der Waals surface area contributed by atoms with E-state index in [-0.39, 0.29) is 0 Å². The fraction of sp³-hybridized carbons (Fsp3) is 0.0625. The molecule has 0 atom stereocenters. The topological polar surface area (TPSA) is 22.1 Å². The van der Waals surface area contributed by atoms with Gasteiger partial charge in [-0.25, -0.2) is 0 Å². The van der Waals surface area contributed by atoms with Crippen LogP contribution in [0.2, 0.25) is 5.02 Å². The Balaban J connectivity index is 2.09. The number of rotatable bonds is 3. The number of ether oxygens (including phenoxy) is 1. The van der Waals surface area contributed by atoms with E-state index in [2.05, 4.69) is 4.98 Å². The summed E-state index contributed by atoms with van der Waals surface area (Å²) in [5, 5.41) is 1.54. The molecule has 0 aliphatic rings. The van der Waals surface area contributed by atoms with Gasteiger partial charge in [0.25, 0.3) is 0 Å². The Kier molecular flexibility index (Phi) is 3.81. The molecule has 3 aromatic rings. The van der Waals surface area contributed by atoms with Crippen molar-refractivity contribution >= 4 is 34.3 Å². The summed E-state index contributed by atoms with van der Waals surface area (Å²) in [6.45, 7) is 0. The van der Waals surface area contributed by atoms with Crippen LogP contribution in [0.4, 0.5) is 0 Å². The Hall–Kier alpha value is -1.71. The van der Waals surface area contributed by atoms with Gasteiger partial charge in [0, 0.05) is 16.5 Å². The summed E-state index contributed by atoms with van der Waals surface area (Å²) in [5.74, 6) is 1.60. The highest BCUT2D eigenvalue weighted by atomic mass is 35.5. The zero-order chi connectivity index (χ0) is 13.9. The molecule has 2 aromatic carbocycles. The lowest BCUT2D eigenvalue weighted by molar-refractivity contribution is 0.476. The van der Waals surface area contributed by atoms with Crippen LogP contribution in [-0.4, -0.2) is 11.2 Å². The molecule has 0 saturated carbocycles. The number of thioether (sulfide) groups is 1. The van der Waals surface area contributed by atoms with Crippen LogP contribution in [0.1, 0.15) is 0 Å². The number of pyridine rings is 1. The summed E-state index contributed by atoms with van der Waals surface area (Å²) in [7, 11) is 0. The summed E-state index contributed by atoms with van der Waals surface area (Å²) in [6, 6.07) is 15.5. The molecule has 0 N–H and O–H groups in total. The number of nitrogens with zero attached hydrogens (tertiary/aromatic N) is 1. The normalized spacial score (nSPS) is 10.7. The average molecular weight is 302 g/mol. The Bertz CT molecular complexity index is 760. The molecule has 100 valence electrons. The van der Waals surface area contributed by atoms with Crippen molar-refractivity contribution in [2.45, 2.75) is 4.90 Å². The van der Waals surface area contributed by atoms with E-state index in [1.807, 2.05) is 54.8 Å². The summed E-state index contributed by atoms with van der Waals surface area (Å²) >= 11 is 7.82. The van der Waals surface area contributed by atoms with Gasteiger partial charge in [-0.15, -0.1) is 11.8 Å². The van der Waals surface area contributed by atoms with Crippen molar-refractivity contribution < 1.29 is 4.74 Å². The number of fused-ring (bicyclic) bond motifs is 1. The maximum absolute atomic E-state index is 6.17. The molecule has 1 aromatic heterocycles. The predicted octanol–water partition coefficient (Wildman–Crippen LogP) is 5.40. The zero-order valence-electron chi connectivity index (χ0n) is 10.8. The summed E-state index contributed by atoms with van der Waals surface area (Å²) in [4.78, 5) is 5.41. The quantitative estimate of drug-likeness (QED) is 0.604. The molecular weight excluding hydrogens is 290 g/mol. The molecule has 0 bridgehead atoms. The van der Waals surface area contributed by atoms with Crippen LogP contribution in [0.15, 0.2) is 59.6 Å². The van der Waals surface area contributed by atoms with Gasteiger partial charge in [-0.3, -0.25) is 4.98 Å². The Morgan fingerprint density at radius 3 is 2.70 bits per heavy atom. The highest BCUT2D eigenvalue weighted by molar-refractivity contribution is 7.98. The van der Waals surface area contributed by atoms with Gasteiger partial charge < -0.3 is 4.74 Å². The molecule has 0 radical (unpaired) electrons. The van der Waals surface area contributed by atoms with E-state index >= 15 is 0 Å². The van der Waals surface area contributed by atoms with E-state index in [1.165, 1.54) is 0 Å². The third kappa shape index (κ3) is 2.47. The number of benzene rings is 2.